The minimum absolute atomic E-state index is 0.593. The van der Waals surface area contributed by atoms with Crippen molar-refractivity contribution in [2.75, 3.05) is 0 Å². The highest BCUT2D eigenvalue weighted by Gasteiger charge is 2.04. The highest BCUT2D eigenvalue weighted by atomic mass is 35.5. The third-order valence-electron chi connectivity index (χ3n) is 2.10. The van der Waals surface area contributed by atoms with E-state index in [9.17, 15) is 4.79 Å². The van der Waals surface area contributed by atoms with Crippen molar-refractivity contribution in [2.24, 2.45) is 0 Å². The lowest BCUT2D eigenvalue weighted by molar-refractivity contribution is -0.131. The smallest absolute Gasteiger partial charge is 0.328 e. The predicted molar refractivity (Wildman–Crippen MR) is 60.0 cm³/mol. The van der Waals surface area contributed by atoms with E-state index in [-0.39, 0.29) is 0 Å². The van der Waals surface area contributed by atoms with E-state index >= 15 is 0 Å². The van der Waals surface area contributed by atoms with Crippen LogP contribution in [0, 0.1) is 0 Å². The summed E-state index contributed by atoms with van der Waals surface area (Å²) in [6.45, 7) is 0. The molecule has 0 bridgehead atoms. The van der Waals surface area contributed by atoms with Crippen molar-refractivity contribution < 1.29 is 9.90 Å². The number of aromatic nitrogens is 1. The van der Waals surface area contributed by atoms with E-state index in [0.717, 1.165) is 22.5 Å². The van der Waals surface area contributed by atoms with E-state index in [0.29, 0.717) is 5.02 Å². The van der Waals surface area contributed by atoms with Crippen LogP contribution in [0.2, 0.25) is 5.02 Å². The molecule has 0 aliphatic carbocycles. The van der Waals surface area contributed by atoms with Crippen molar-refractivity contribution in [3.8, 4) is 0 Å². The van der Waals surface area contributed by atoms with E-state index in [1.165, 1.54) is 6.08 Å². The lowest BCUT2D eigenvalue weighted by atomic mass is 10.1. The van der Waals surface area contributed by atoms with Crippen molar-refractivity contribution in [3.63, 3.8) is 0 Å². The number of H-pyrrole nitrogens is 1. The summed E-state index contributed by atoms with van der Waals surface area (Å²) in [4.78, 5) is 13.4. The molecule has 0 saturated carbocycles. The van der Waals surface area contributed by atoms with Crippen molar-refractivity contribution >= 4 is 34.5 Å². The Bertz CT molecular complexity index is 543. The number of hydrogen-bond acceptors (Lipinski definition) is 1. The fourth-order valence-electron chi connectivity index (χ4n) is 1.47. The molecule has 2 rings (SSSR count). The van der Waals surface area contributed by atoms with Gasteiger partial charge in [0.05, 0.1) is 5.02 Å². The fourth-order valence-corrected chi connectivity index (χ4v) is 1.74. The average Bonchev–Trinajstić information content (AvgIpc) is 2.58. The van der Waals surface area contributed by atoms with Crippen LogP contribution < -0.4 is 0 Å². The lowest BCUT2D eigenvalue weighted by Crippen LogP contribution is -1.85. The van der Waals surface area contributed by atoms with Gasteiger partial charge in [-0.2, -0.15) is 0 Å². The Balaban J connectivity index is 2.59. The van der Waals surface area contributed by atoms with Gasteiger partial charge >= 0.3 is 5.97 Å². The van der Waals surface area contributed by atoms with Gasteiger partial charge in [-0.3, -0.25) is 0 Å². The molecule has 0 amide bonds. The Morgan fingerprint density at radius 2 is 2.27 bits per heavy atom. The number of benzene rings is 1. The third-order valence-corrected chi connectivity index (χ3v) is 2.39. The molecule has 0 unspecified atom stereocenters. The minimum Gasteiger partial charge on any atom is -0.478 e. The molecular weight excluding hydrogens is 214 g/mol. The van der Waals surface area contributed by atoms with E-state index in [1.54, 1.807) is 6.20 Å². The molecule has 3 nitrogen and oxygen atoms in total. The maximum Gasteiger partial charge on any atom is 0.328 e. The molecule has 2 aromatic rings. The number of rotatable bonds is 2. The van der Waals surface area contributed by atoms with Gasteiger partial charge in [0.15, 0.2) is 0 Å². The summed E-state index contributed by atoms with van der Waals surface area (Å²) in [6.07, 6.45) is 4.31. The summed E-state index contributed by atoms with van der Waals surface area (Å²) < 4.78 is 0. The first-order valence-electron chi connectivity index (χ1n) is 4.35. The number of fused-ring (bicyclic) bond motifs is 1. The van der Waals surface area contributed by atoms with Crippen LogP contribution in [0.5, 0.6) is 0 Å². The molecule has 0 radical (unpaired) electrons. The van der Waals surface area contributed by atoms with Gasteiger partial charge in [0, 0.05) is 23.2 Å². The quantitative estimate of drug-likeness (QED) is 0.766. The van der Waals surface area contributed by atoms with Gasteiger partial charge in [-0.05, 0) is 17.7 Å². The molecule has 15 heavy (non-hydrogen) atoms. The molecule has 2 N–H and O–H groups in total. The Hall–Kier alpha value is -1.74. The summed E-state index contributed by atoms with van der Waals surface area (Å²) in [5, 5.41) is 9.98. The molecule has 0 spiro atoms. The molecule has 0 saturated heterocycles. The van der Waals surface area contributed by atoms with Gasteiger partial charge in [-0.25, -0.2) is 4.79 Å². The van der Waals surface area contributed by atoms with Crippen LogP contribution in [0.3, 0.4) is 0 Å². The van der Waals surface area contributed by atoms with E-state index in [1.807, 2.05) is 18.2 Å². The molecule has 4 heteroatoms. The molecule has 1 aromatic heterocycles. The summed E-state index contributed by atoms with van der Waals surface area (Å²) in [5.74, 6) is -0.973. The molecule has 1 aromatic carbocycles. The molecule has 0 aliphatic heterocycles. The van der Waals surface area contributed by atoms with Crippen molar-refractivity contribution in [1.29, 1.82) is 0 Å². The van der Waals surface area contributed by atoms with Crippen molar-refractivity contribution in [2.45, 2.75) is 0 Å². The van der Waals surface area contributed by atoms with Gasteiger partial charge in [0.1, 0.15) is 0 Å². The van der Waals surface area contributed by atoms with Crippen molar-refractivity contribution in [3.05, 3.63) is 41.1 Å². The Labute approximate surface area is 91.0 Å². The van der Waals surface area contributed by atoms with Crippen molar-refractivity contribution in [1.82, 2.24) is 4.98 Å². The van der Waals surface area contributed by atoms with Crippen LogP contribution in [0.1, 0.15) is 5.56 Å². The Morgan fingerprint density at radius 1 is 1.47 bits per heavy atom. The van der Waals surface area contributed by atoms with E-state index in [2.05, 4.69) is 4.98 Å². The zero-order chi connectivity index (χ0) is 10.8. The zero-order valence-corrected chi connectivity index (χ0v) is 8.45. The largest absolute Gasteiger partial charge is 0.478 e. The molecule has 0 atom stereocenters. The number of halogens is 1. The fraction of sp³-hybridized carbons (Fsp3) is 0. The maximum absolute atomic E-state index is 10.4. The number of carboxylic acid groups (broad SMARTS) is 1. The summed E-state index contributed by atoms with van der Waals surface area (Å²) >= 11 is 5.98. The first-order valence-corrected chi connectivity index (χ1v) is 4.73. The second-order valence-corrected chi connectivity index (χ2v) is 3.49. The molecular formula is C11H8ClNO2. The number of aliphatic carboxylic acids is 1. The van der Waals surface area contributed by atoms with Gasteiger partial charge in [-0.1, -0.05) is 23.7 Å². The monoisotopic (exact) mass is 221 g/mol. The topological polar surface area (TPSA) is 53.1 Å². The molecule has 1 heterocycles. The number of carbonyl (C=O) groups is 1. The molecule has 76 valence electrons. The second-order valence-electron chi connectivity index (χ2n) is 3.08. The summed E-state index contributed by atoms with van der Waals surface area (Å²) in [6, 6.07) is 5.55. The van der Waals surface area contributed by atoms with Crippen LogP contribution in [-0.2, 0) is 4.79 Å². The Kier molecular flexibility index (Phi) is 2.47. The van der Waals surface area contributed by atoms with Gasteiger partial charge in [0.25, 0.3) is 0 Å². The highest BCUT2D eigenvalue weighted by Crippen LogP contribution is 2.27. The SMILES string of the molecule is O=C(O)/C=C/c1cccc2[nH]cc(Cl)c12. The number of nitrogens with one attached hydrogen (secondary N) is 1. The van der Waals surface area contributed by atoms with Crippen LogP contribution in [0.4, 0.5) is 0 Å². The van der Waals surface area contributed by atoms with Gasteiger partial charge in [-0.15, -0.1) is 0 Å². The zero-order valence-electron chi connectivity index (χ0n) is 7.70. The summed E-state index contributed by atoms with van der Waals surface area (Å²) in [5.41, 5.74) is 1.69. The number of hydrogen-bond donors (Lipinski definition) is 2. The highest BCUT2D eigenvalue weighted by molar-refractivity contribution is 6.36. The standard InChI is InChI=1S/C11H8ClNO2/c12-8-6-13-9-3-1-2-7(11(8)9)4-5-10(14)15/h1-6,13H,(H,14,15)/b5-4+. The molecule has 0 aliphatic rings. The lowest BCUT2D eigenvalue weighted by Gasteiger charge is -1.96. The average molecular weight is 222 g/mol. The van der Waals surface area contributed by atoms with Crippen LogP contribution in [0.25, 0.3) is 17.0 Å². The van der Waals surface area contributed by atoms with Gasteiger partial charge in [0.2, 0.25) is 0 Å². The number of carboxylic acids is 1. The molecule has 0 fully saturated rings. The van der Waals surface area contributed by atoms with Crippen LogP contribution in [0.15, 0.2) is 30.5 Å². The van der Waals surface area contributed by atoms with E-state index < -0.39 is 5.97 Å². The summed E-state index contributed by atoms with van der Waals surface area (Å²) in [7, 11) is 0. The van der Waals surface area contributed by atoms with Crippen LogP contribution in [-0.4, -0.2) is 16.1 Å². The van der Waals surface area contributed by atoms with E-state index in [4.69, 9.17) is 16.7 Å². The first kappa shape index (κ1) is 9.80. The van der Waals surface area contributed by atoms with Crippen LogP contribution >= 0.6 is 11.6 Å². The Morgan fingerprint density at radius 3 is 3.00 bits per heavy atom. The third kappa shape index (κ3) is 1.87. The maximum atomic E-state index is 10.4. The second kappa shape index (κ2) is 3.79. The first-order chi connectivity index (χ1) is 7.18. The number of aromatic amines is 1. The predicted octanol–water partition coefficient (Wildman–Crippen LogP) is 2.92. The van der Waals surface area contributed by atoms with Gasteiger partial charge < -0.3 is 10.1 Å². The minimum atomic E-state index is -0.973. The normalized spacial score (nSPS) is 11.3.